The van der Waals surface area contributed by atoms with E-state index < -0.39 is 0 Å². The van der Waals surface area contributed by atoms with E-state index in [0.717, 1.165) is 32.4 Å². The van der Waals surface area contributed by atoms with Gasteiger partial charge in [-0.2, -0.15) is 0 Å². The molecule has 0 unspecified atom stereocenters. The molecule has 1 atom stereocenters. The van der Waals surface area contributed by atoms with Gasteiger partial charge < -0.3 is 5.32 Å². The third kappa shape index (κ3) is 3.33. The summed E-state index contributed by atoms with van der Waals surface area (Å²) in [6.45, 7) is 4.04. The third-order valence-electron chi connectivity index (χ3n) is 4.91. The summed E-state index contributed by atoms with van der Waals surface area (Å²) >= 11 is 0. The fourth-order valence-corrected chi connectivity index (χ4v) is 3.21. The molecular formula is C18H23N5O. The molecule has 0 spiro atoms. The zero-order valence-electron chi connectivity index (χ0n) is 13.9. The standard InChI is InChI=1S/C18H23N5O/c1-13(9-14-5-3-2-4-6-14)22-10-15(11-22)19-18(24)17-12-23(21-20-17)16-7-8-16/h2-6,12-13,15-16H,7-11H2,1H3,(H,19,24)/t13-/m1/s1. The van der Waals surface area contributed by atoms with Gasteiger partial charge in [-0.3, -0.25) is 9.69 Å². The molecule has 1 amide bonds. The number of amides is 1. The lowest BCUT2D eigenvalue weighted by atomic mass is 10.0. The Balaban J connectivity index is 1.24. The second-order valence-electron chi connectivity index (χ2n) is 6.98. The second kappa shape index (κ2) is 6.36. The number of rotatable bonds is 6. The largest absolute Gasteiger partial charge is 0.345 e. The van der Waals surface area contributed by atoms with Crippen molar-refractivity contribution in [3.63, 3.8) is 0 Å². The summed E-state index contributed by atoms with van der Waals surface area (Å²) in [5.74, 6) is -0.109. The fourth-order valence-electron chi connectivity index (χ4n) is 3.21. The Bertz CT molecular complexity index is 703. The molecule has 1 aromatic heterocycles. The summed E-state index contributed by atoms with van der Waals surface area (Å²) in [5, 5.41) is 11.1. The van der Waals surface area contributed by atoms with Gasteiger partial charge >= 0.3 is 0 Å². The third-order valence-corrected chi connectivity index (χ3v) is 4.91. The Hall–Kier alpha value is -2.21. The molecule has 126 valence electrons. The van der Waals surface area contributed by atoms with Crippen LogP contribution < -0.4 is 5.32 Å². The van der Waals surface area contributed by atoms with Gasteiger partial charge in [-0.15, -0.1) is 5.10 Å². The number of nitrogens with zero attached hydrogens (tertiary/aromatic N) is 4. The van der Waals surface area contributed by atoms with Crippen LogP contribution in [0.1, 0.15) is 41.9 Å². The van der Waals surface area contributed by atoms with Crippen molar-refractivity contribution < 1.29 is 4.79 Å². The molecule has 2 fully saturated rings. The van der Waals surface area contributed by atoms with Gasteiger partial charge in [0.25, 0.3) is 5.91 Å². The van der Waals surface area contributed by atoms with E-state index in [0.29, 0.717) is 17.8 Å². The van der Waals surface area contributed by atoms with E-state index >= 15 is 0 Å². The Morgan fingerprint density at radius 1 is 1.29 bits per heavy atom. The molecule has 1 aromatic carbocycles. The first-order valence-electron chi connectivity index (χ1n) is 8.69. The molecule has 1 N–H and O–H groups in total. The van der Waals surface area contributed by atoms with E-state index in [4.69, 9.17) is 0 Å². The van der Waals surface area contributed by atoms with Gasteiger partial charge in [0.1, 0.15) is 0 Å². The first-order valence-corrected chi connectivity index (χ1v) is 8.69. The quantitative estimate of drug-likeness (QED) is 0.877. The van der Waals surface area contributed by atoms with Gasteiger partial charge in [-0.05, 0) is 31.7 Å². The first kappa shape index (κ1) is 15.3. The molecule has 1 aliphatic heterocycles. The monoisotopic (exact) mass is 325 g/mol. The van der Waals surface area contributed by atoms with E-state index in [1.165, 1.54) is 5.56 Å². The van der Waals surface area contributed by atoms with E-state index in [1.54, 1.807) is 6.20 Å². The van der Waals surface area contributed by atoms with Gasteiger partial charge in [-0.25, -0.2) is 4.68 Å². The van der Waals surface area contributed by atoms with E-state index in [2.05, 4.69) is 51.7 Å². The predicted octanol–water partition coefficient (Wildman–Crippen LogP) is 1.66. The highest BCUT2D eigenvalue weighted by Crippen LogP contribution is 2.33. The van der Waals surface area contributed by atoms with Crippen molar-refractivity contribution in [3.8, 4) is 0 Å². The minimum atomic E-state index is -0.109. The summed E-state index contributed by atoms with van der Waals surface area (Å²) in [7, 11) is 0. The van der Waals surface area contributed by atoms with Crippen molar-refractivity contribution in [2.45, 2.75) is 44.3 Å². The summed E-state index contributed by atoms with van der Waals surface area (Å²) in [5.41, 5.74) is 1.78. The SMILES string of the molecule is C[C@H](Cc1ccccc1)N1CC(NC(=O)c2cn(C3CC3)nn2)C1. The molecule has 1 aliphatic carbocycles. The van der Waals surface area contributed by atoms with Crippen LogP contribution >= 0.6 is 0 Å². The number of benzene rings is 1. The van der Waals surface area contributed by atoms with Crippen LogP contribution in [0.3, 0.4) is 0 Å². The minimum Gasteiger partial charge on any atom is -0.345 e. The summed E-state index contributed by atoms with van der Waals surface area (Å²) < 4.78 is 1.81. The average Bonchev–Trinajstić information content (AvgIpc) is 3.28. The van der Waals surface area contributed by atoms with Crippen LogP contribution in [0, 0.1) is 0 Å². The van der Waals surface area contributed by atoms with Gasteiger partial charge in [0, 0.05) is 19.1 Å². The molecule has 0 bridgehead atoms. The summed E-state index contributed by atoms with van der Waals surface area (Å²) in [6, 6.07) is 11.7. The zero-order valence-corrected chi connectivity index (χ0v) is 13.9. The van der Waals surface area contributed by atoms with Gasteiger partial charge in [0.15, 0.2) is 5.69 Å². The summed E-state index contributed by atoms with van der Waals surface area (Å²) in [6.07, 6.45) is 5.08. The Kier molecular flexibility index (Phi) is 4.06. The number of hydrogen-bond acceptors (Lipinski definition) is 4. The maximum absolute atomic E-state index is 12.2. The van der Waals surface area contributed by atoms with Crippen LogP contribution in [0.15, 0.2) is 36.5 Å². The molecule has 6 nitrogen and oxygen atoms in total. The van der Waals surface area contributed by atoms with Crippen molar-refractivity contribution >= 4 is 5.91 Å². The molecule has 24 heavy (non-hydrogen) atoms. The zero-order chi connectivity index (χ0) is 16.5. The number of carbonyl (C=O) groups excluding carboxylic acids is 1. The van der Waals surface area contributed by atoms with Gasteiger partial charge in [0.05, 0.1) is 18.3 Å². The lowest BCUT2D eigenvalue weighted by molar-refractivity contribution is 0.0673. The van der Waals surface area contributed by atoms with Crippen LogP contribution in [-0.2, 0) is 6.42 Å². The highest BCUT2D eigenvalue weighted by atomic mass is 16.2. The van der Waals surface area contributed by atoms with E-state index in [9.17, 15) is 4.79 Å². The van der Waals surface area contributed by atoms with Crippen LogP contribution in [-0.4, -0.2) is 51.0 Å². The number of carbonyl (C=O) groups is 1. The molecule has 2 aliphatic rings. The fraction of sp³-hybridized carbons (Fsp3) is 0.500. The average molecular weight is 325 g/mol. The van der Waals surface area contributed by atoms with Gasteiger partial charge in [-0.1, -0.05) is 35.5 Å². The Morgan fingerprint density at radius 3 is 2.75 bits per heavy atom. The highest BCUT2D eigenvalue weighted by molar-refractivity contribution is 5.92. The van der Waals surface area contributed by atoms with Crippen LogP contribution in [0.5, 0.6) is 0 Å². The topological polar surface area (TPSA) is 63.1 Å². The van der Waals surface area contributed by atoms with Crippen molar-refractivity contribution in [2.75, 3.05) is 13.1 Å². The van der Waals surface area contributed by atoms with Crippen LogP contribution in [0.25, 0.3) is 0 Å². The van der Waals surface area contributed by atoms with Crippen molar-refractivity contribution in [1.29, 1.82) is 0 Å². The molecule has 1 saturated carbocycles. The van der Waals surface area contributed by atoms with Crippen molar-refractivity contribution in [3.05, 3.63) is 47.8 Å². The van der Waals surface area contributed by atoms with E-state index in [1.807, 2.05) is 10.7 Å². The number of hydrogen-bond donors (Lipinski definition) is 1. The molecule has 4 rings (SSSR count). The molecule has 1 saturated heterocycles. The molecule has 6 heteroatoms. The van der Waals surface area contributed by atoms with Crippen molar-refractivity contribution in [2.24, 2.45) is 0 Å². The smallest absolute Gasteiger partial charge is 0.273 e. The molecule has 0 radical (unpaired) electrons. The number of likely N-dealkylation sites (tertiary alicyclic amines) is 1. The molecular weight excluding hydrogens is 302 g/mol. The number of aromatic nitrogens is 3. The molecule has 2 heterocycles. The van der Waals surface area contributed by atoms with Crippen LogP contribution in [0.4, 0.5) is 0 Å². The maximum atomic E-state index is 12.2. The predicted molar refractivity (Wildman–Crippen MR) is 90.7 cm³/mol. The lowest BCUT2D eigenvalue weighted by Crippen LogP contribution is -2.62. The van der Waals surface area contributed by atoms with Crippen LogP contribution in [0.2, 0.25) is 0 Å². The second-order valence-corrected chi connectivity index (χ2v) is 6.98. The normalized spacial score (nSPS) is 19.7. The number of nitrogens with one attached hydrogen (secondary N) is 1. The lowest BCUT2D eigenvalue weighted by Gasteiger charge is -2.43. The van der Waals surface area contributed by atoms with Gasteiger partial charge in [0.2, 0.25) is 0 Å². The Morgan fingerprint density at radius 2 is 2.04 bits per heavy atom. The molecule has 2 aromatic rings. The maximum Gasteiger partial charge on any atom is 0.273 e. The van der Waals surface area contributed by atoms with Crippen molar-refractivity contribution in [1.82, 2.24) is 25.2 Å². The summed E-state index contributed by atoms with van der Waals surface area (Å²) in [4.78, 5) is 14.6. The minimum absolute atomic E-state index is 0.109. The Labute approximate surface area is 141 Å². The highest BCUT2D eigenvalue weighted by Gasteiger charge is 2.32. The van der Waals surface area contributed by atoms with E-state index in [-0.39, 0.29) is 11.9 Å². The first-order chi connectivity index (χ1) is 11.7.